The van der Waals surface area contributed by atoms with E-state index in [0.29, 0.717) is 0 Å². The van der Waals surface area contributed by atoms with Crippen molar-refractivity contribution >= 4 is 0 Å². The van der Waals surface area contributed by atoms with Crippen LogP contribution in [0.5, 0.6) is 0 Å². The molecule has 0 amide bonds. The Bertz CT molecular complexity index is 489. The van der Waals surface area contributed by atoms with Gasteiger partial charge < -0.3 is 14.6 Å². The lowest BCUT2D eigenvalue weighted by molar-refractivity contribution is 0.300. The predicted molar refractivity (Wildman–Crippen MR) is 83.6 cm³/mol. The minimum Gasteiger partial charge on any atom is -0.460 e. The van der Waals surface area contributed by atoms with Crippen molar-refractivity contribution in [2.45, 2.75) is 20.4 Å². The quantitative estimate of drug-likeness (QED) is 0.747. The molecule has 1 aromatic heterocycles. The molecule has 0 radical (unpaired) electrons. The van der Waals surface area contributed by atoms with Gasteiger partial charge in [-0.05, 0) is 25.2 Å². The van der Waals surface area contributed by atoms with Crippen LogP contribution in [0, 0.1) is 0 Å². The molecule has 0 fully saturated rings. The van der Waals surface area contributed by atoms with Gasteiger partial charge in [-0.25, -0.2) is 0 Å². The fourth-order valence-electron chi connectivity index (χ4n) is 2.22. The first kappa shape index (κ1) is 14.8. The molecule has 0 saturated carbocycles. The van der Waals surface area contributed by atoms with Gasteiger partial charge in [0, 0.05) is 18.7 Å². The molecule has 20 heavy (non-hydrogen) atoms. The third-order valence-corrected chi connectivity index (χ3v) is 3.52. The normalized spacial score (nSPS) is 11.2. The van der Waals surface area contributed by atoms with Gasteiger partial charge in [0.2, 0.25) is 0 Å². The number of hydrogen-bond donors (Lipinski definition) is 1. The lowest BCUT2D eigenvalue weighted by Crippen LogP contribution is -2.31. The Morgan fingerprint density at radius 2 is 1.75 bits per heavy atom. The van der Waals surface area contributed by atoms with Gasteiger partial charge in [0.05, 0.1) is 6.54 Å². The summed E-state index contributed by atoms with van der Waals surface area (Å²) in [6, 6.07) is 14.3. The van der Waals surface area contributed by atoms with Gasteiger partial charge in [-0.2, -0.15) is 0 Å². The number of hydrogen-bond acceptors (Lipinski definition) is 3. The minimum atomic E-state index is 0.786. The summed E-state index contributed by atoms with van der Waals surface area (Å²) in [5.41, 5.74) is 1.13. The molecule has 0 bridgehead atoms. The van der Waals surface area contributed by atoms with Crippen LogP contribution in [0.1, 0.15) is 19.6 Å². The van der Waals surface area contributed by atoms with Crippen LogP contribution in [0.2, 0.25) is 0 Å². The first-order chi connectivity index (χ1) is 9.83. The smallest absolute Gasteiger partial charge is 0.134 e. The van der Waals surface area contributed by atoms with E-state index in [9.17, 15) is 0 Å². The summed E-state index contributed by atoms with van der Waals surface area (Å²) in [6.07, 6.45) is 0. The van der Waals surface area contributed by atoms with Crippen LogP contribution in [0.15, 0.2) is 46.9 Å². The van der Waals surface area contributed by atoms with Gasteiger partial charge in [-0.15, -0.1) is 0 Å². The van der Waals surface area contributed by atoms with Crippen molar-refractivity contribution in [3.8, 4) is 11.3 Å². The second-order valence-corrected chi connectivity index (χ2v) is 4.84. The number of rotatable bonds is 8. The fraction of sp³-hybridized carbons (Fsp3) is 0.412. The molecule has 0 aliphatic rings. The molecule has 0 aliphatic heterocycles. The van der Waals surface area contributed by atoms with Gasteiger partial charge >= 0.3 is 0 Å². The molecule has 1 aromatic carbocycles. The van der Waals surface area contributed by atoms with Crippen LogP contribution in [-0.4, -0.2) is 31.1 Å². The lowest BCUT2D eigenvalue weighted by Gasteiger charge is -2.17. The zero-order valence-corrected chi connectivity index (χ0v) is 12.4. The van der Waals surface area contributed by atoms with Crippen molar-refractivity contribution in [2.24, 2.45) is 0 Å². The zero-order valence-electron chi connectivity index (χ0n) is 12.4. The summed E-state index contributed by atoms with van der Waals surface area (Å²) in [7, 11) is 0. The summed E-state index contributed by atoms with van der Waals surface area (Å²) >= 11 is 0. The highest BCUT2D eigenvalue weighted by atomic mass is 16.3. The number of nitrogens with one attached hydrogen (secondary N) is 1. The van der Waals surface area contributed by atoms with E-state index >= 15 is 0 Å². The number of benzene rings is 1. The van der Waals surface area contributed by atoms with Crippen molar-refractivity contribution < 1.29 is 4.42 Å². The Hall–Kier alpha value is -1.58. The number of nitrogens with zero attached hydrogens (tertiary/aromatic N) is 1. The summed E-state index contributed by atoms with van der Waals surface area (Å²) in [6.45, 7) is 9.47. The van der Waals surface area contributed by atoms with Crippen molar-refractivity contribution in [1.29, 1.82) is 0 Å². The molecule has 0 unspecified atom stereocenters. The average Bonchev–Trinajstić information content (AvgIpc) is 2.97. The van der Waals surface area contributed by atoms with Crippen LogP contribution in [0.4, 0.5) is 0 Å². The van der Waals surface area contributed by atoms with Crippen molar-refractivity contribution in [3.05, 3.63) is 48.2 Å². The molecule has 0 aliphatic carbocycles. The van der Waals surface area contributed by atoms with Crippen LogP contribution >= 0.6 is 0 Å². The third-order valence-electron chi connectivity index (χ3n) is 3.52. The van der Waals surface area contributed by atoms with Gasteiger partial charge in [0.15, 0.2) is 0 Å². The van der Waals surface area contributed by atoms with Crippen molar-refractivity contribution in [2.75, 3.05) is 26.2 Å². The number of likely N-dealkylation sites (N-methyl/N-ethyl adjacent to an activating group) is 1. The second-order valence-electron chi connectivity index (χ2n) is 4.84. The Morgan fingerprint density at radius 3 is 2.45 bits per heavy atom. The molecular weight excluding hydrogens is 248 g/mol. The van der Waals surface area contributed by atoms with Gasteiger partial charge in [-0.3, -0.25) is 0 Å². The van der Waals surface area contributed by atoms with E-state index in [2.05, 4.69) is 36.2 Å². The van der Waals surface area contributed by atoms with E-state index in [4.69, 9.17) is 4.42 Å². The Kier molecular flexibility index (Phi) is 5.84. The maximum absolute atomic E-state index is 5.85. The fourth-order valence-corrected chi connectivity index (χ4v) is 2.22. The first-order valence-corrected chi connectivity index (χ1v) is 7.40. The summed E-state index contributed by atoms with van der Waals surface area (Å²) in [5.74, 6) is 1.93. The van der Waals surface area contributed by atoms with Crippen LogP contribution < -0.4 is 5.32 Å². The van der Waals surface area contributed by atoms with E-state index < -0.39 is 0 Å². The SMILES string of the molecule is CCN(CC)CCNCc1ccc(-c2ccccc2)o1. The summed E-state index contributed by atoms with van der Waals surface area (Å²) < 4.78 is 5.85. The highest BCUT2D eigenvalue weighted by Gasteiger charge is 2.04. The van der Waals surface area contributed by atoms with Crippen molar-refractivity contribution in [3.63, 3.8) is 0 Å². The molecular formula is C17H24N2O. The highest BCUT2D eigenvalue weighted by Crippen LogP contribution is 2.21. The van der Waals surface area contributed by atoms with Crippen molar-refractivity contribution in [1.82, 2.24) is 10.2 Å². The molecule has 3 nitrogen and oxygen atoms in total. The Morgan fingerprint density at radius 1 is 1.00 bits per heavy atom. The Labute approximate surface area is 121 Å². The molecule has 0 spiro atoms. The molecule has 108 valence electrons. The van der Waals surface area contributed by atoms with Gasteiger partial charge in [0.25, 0.3) is 0 Å². The van der Waals surface area contributed by atoms with E-state index in [1.165, 1.54) is 0 Å². The molecule has 1 N–H and O–H groups in total. The first-order valence-electron chi connectivity index (χ1n) is 7.40. The van der Waals surface area contributed by atoms with Crippen LogP contribution in [0.25, 0.3) is 11.3 Å². The minimum absolute atomic E-state index is 0.786. The zero-order chi connectivity index (χ0) is 14.2. The average molecular weight is 272 g/mol. The van der Waals surface area contributed by atoms with E-state index in [1.807, 2.05) is 30.3 Å². The third kappa shape index (κ3) is 4.22. The van der Waals surface area contributed by atoms with Gasteiger partial charge in [0.1, 0.15) is 11.5 Å². The second kappa shape index (κ2) is 7.88. The lowest BCUT2D eigenvalue weighted by atomic mass is 10.2. The van der Waals surface area contributed by atoms with E-state index in [-0.39, 0.29) is 0 Å². The monoisotopic (exact) mass is 272 g/mol. The standard InChI is InChI=1S/C17H24N2O/c1-3-19(4-2)13-12-18-14-16-10-11-17(20-16)15-8-6-5-7-9-15/h5-11,18H,3-4,12-14H2,1-2H3. The summed E-state index contributed by atoms with van der Waals surface area (Å²) in [5, 5.41) is 3.43. The van der Waals surface area contributed by atoms with E-state index in [0.717, 1.165) is 49.8 Å². The maximum Gasteiger partial charge on any atom is 0.134 e. The largest absolute Gasteiger partial charge is 0.460 e. The molecule has 3 heteroatoms. The highest BCUT2D eigenvalue weighted by molar-refractivity contribution is 5.57. The molecule has 0 saturated heterocycles. The number of furan rings is 1. The van der Waals surface area contributed by atoms with E-state index in [1.54, 1.807) is 0 Å². The van der Waals surface area contributed by atoms with Gasteiger partial charge in [-0.1, -0.05) is 44.2 Å². The van der Waals surface area contributed by atoms with Crippen LogP contribution in [-0.2, 0) is 6.54 Å². The molecule has 0 atom stereocenters. The maximum atomic E-state index is 5.85. The topological polar surface area (TPSA) is 28.4 Å². The summed E-state index contributed by atoms with van der Waals surface area (Å²) in [4.78, 5) is 2.41. The molecule has 1 heterocycles. The molecule has 2 aromatic rings. The molecule has 2 rings (SSSR count). The van der Waals surface area contributed by atoms with Crippen LogP contribution in [0.3, 0.4) is 0 Å². The Balaban J connectivity index is 1.79. The predicted octanol–water partition coefficient (Wildman–Crippen LogP) is 3.38.